The van der Waals surface area contributed by atoms with Gasteiger partial charge in [-0.25, -0.2) is 0 Å². The van der Waals surface area contributed by atoms with Gasteiger partial charge < -0.3 is 10.2 Å². The predicted molar refractivity (Wildman–Crippen MR) is 97.9 cm³/mol. The molecular formula is C19H23N5O2. The highest BCUT2D eigenvalue weighted by Gasteiger charge is 2.43. The summed E-state index contributed by atoms with van der Waals surface area (Å²) < 4.78 is 0. The van der Waals surface area contributed by atoms with Crippen LogP contribution in [0.15, 0.2) is 16.9 Å². The van der Waals surface area contributed by atoms with Crippen LogP contribution in [0.4, 0.5) is 11.8 Å². The molecule has 136 valence electrons. The third-order valence-corrected chi connectivity index (χ3v) is 5.77. The van der Waals surface area contributed by atoms with Gasteiger partial charge in [0.15, 0.2) is 0 Å². The maximum Gasteiger partial charge on any atom is 0.257 e. The molecule has 3 atom stereocenters. The van der Waals surface area contributed by atoms with Crippen molar-refractivity contribution in [1.82, 2.24) is 9.97 Å². The summed E-state index contributed by atoms with van der Waals surface area (Å²) in [6, 6.07) is 2.12. The number of carbonyl (C=O) groups excluding carboxylic acids is 1. The van der Waals surface area contributed by atoms with Crippen molar-refractivity contribution in [1.29, 1.82) is 5.26 Å². The van der Waals surface area contributed by atoms with Crippen molar-refractivity contribution in [2.24, 2.45) is 11.8 Å². The van der Waals surface area contributed by atoms with Crippen molar-refractivity contribution in [2.75, 3.05) is 23.3 Å². The lowest BCUT2D eigenvalue weighted by Crippen LogP contribution is -2.42. The summed E-state index contributed by atoms with van der Waals surface area (Å²) in [5, 5.41) is 12.3. The second kappa shape index (κ2) is 6.94. The number of hydrogen-bond donors (Lipinski definition) is 2. The van der Waals surface area contributed by atoms with Gasteiger partial charge in [0, 0.05) is 19.0 Å². The molecule has 7 nitrogen and oxygen atoms in total. The number of nitriles is 1. The van der Waals surface area contributed by atoms with Crippen LogP contribution < -0.4 is 15.8 Å². The molecule has 1 aromatic rings. The number of aromatic nitrogens is 2. The zero-order chi connectivity index (χ0) is 18.1. The first-order valence-corrected chi connectivity index (χ1v) is 9.43. The molecule has 0 saturated carbocycles. The number of fused-ring (bicyclic) bond motifs is 1. The zero-order valence-corrected chi connectivity index (χ0v) is 14.7. The van der Waals surface area contributed by atoms with Crippen LogP contribution in [0.3, 0.4) is 0 Å². The number of amides is 1. The molecule has 0 radical (unpaired) electrons. The van der Waals surface area contributed by atoms with E-state index in [-0.39, 0.29) is 17.4 Å². The third-order valence-electron chi connectivity index (χ3n) is 5.77. The van der Waals surface area contributed by atoms with E-state index in [2.05, 4.69) is 38.4 Å². The van der Waals surface area contributed by atoms with Crippen molar-refractivity contribution >= 4 is 17.7 Å². The minimum Gasteiger partial charge on any atom is -0.342 e. The lowest BCUT2D eigenvalue weighted by molar-refractivity contribution is -0.119. The number of nitrogens with zero attached hydrogens (tertiary/aromatic N) is 3. The number of carbonyl (C=O) groups is 1. The minimum absolute atomic E-state index is 0.109. The Labute approximate surface area is 152 Å². The Kier molecular flexibility index (Phi) is 4.49. The molecule has 1 amide bonds. The molecule has 0 aromatic carbocycles. The Hall–Kier alpha value is -2.62. The van der Waals surface area contributed by atoms with E-state index in [1.165, 1.54) is 6.42 Å². The van der Waals surface area contributed by atoms with Gasteiger partial charge in [0.1, 0.15) is 11.7 Å². The summed E-state index contributed by atoms with van der Waals surface area (Å²) in [4.78, 5) is 35.0. The molecule has 3 aliphatic rings. The van der Waals surface area contributed by atoms with Gasteiger partial charge in [-0.3, -0.25) is 14.6 Å². The molecule has 2 aliphatic heterocycles. The van der Waals surface area contributed by atoms with Crippen molar-refractivity contribution < 1.29 is 4.79 Å². The largest absolute Gasteiger partial charge is 0.342 e. The first-order valence-electron chi connectivity index (χ1n) is 9.43. The van der Waals surface area contributed by atoms with Gasteiger partial charge in [-0.1, -0.05) is 12.2 Å². The fourth-order valence-electron chi connectivity index (χ4n) is 4.44. The van der Waals surface area contributed by atoms with Crippen LogP contribution in [0.1, 0.15) is 50.0 Å². The molecule has 1 aliphatic carbocycles. The predicted octanol–water partition coefficient (Wildman–Crippen LogP) is 2.29. The quantitative estimate of drug-likeness (QED) is 0.794. The SMILES string of the molecule is N#CC1C(=O)Nc2nc(N3CCCCC3)[nH]c(=O)c2C1C1CC=CCC1. The zero-order valence-electron chi connectivity index (χ0n) is 14.7. The lowest BCUT2D eigenvalue weighted by Gasteiger charge is -2.35. The summed E-state index contributed by atoms with van der Waals surface area (Å²) in [6.07, 6.45) is 10.1. The number of aromatic amines is 1. The second-order valence-electron chi connectivity index (χ2n) is 7.37. The van der Waals surface area contributed by atoms with Crippen LogP contribution >= 0.6 is 0 Å². The molecular weight excluding hydrogens is 330 g/mol. The van der Waals surface area contributed by atoms with Crippen molar-refractivity contribution in [3.63, 3.8) is 0 Å². The highest BCUT2D eigenvalue weighted by Crippen LogP contribution is 2.42. The fraction of sp³-hybridized carbons (Fsp3) is 0.579. The van der Waals surface area contributed by atoms with Crippen molar-refractivity contribution in [2.45, 2.75) is 44.4 Å². The normalized spacial score (nSPS) is 28.2. The Bertz CT molecular complexity index is 831. The van der Waals surface area contributed by atoms with Crippen LogP contribution in [0, 0.1) is 23.2 Å². The highest BCUT2D eigenvalue weighted by atomic mass is 16.2. The fourth-order valence-corrected chi connectivity index (χ4v) is 4.44. The Morgan fingerprint density at radius 1 is 1.19 bits per heavy atom. The van der Waals surface area contributed by atoms with Crippen molar-refractivity contribution in [3.8, 4) is 6.07 Å². The smallest absolute Gasteiger partial charge is 0.257 e. The van der Waals surface area contributed by atoms with Crippen LogP contribution in [-0.4, -0.2) is 29.0 Å². The average Bonchev–Trinajstić information content (AvgIpc) is 2.68. The van der Waals surface area contributed by atoms with Crippen LogP contribution in [0.2, 0.25) is 0 Å². The number of anilines is 2. The van der Waals surface area contributed by atoms with E-state index in [0.717, 1.165) is 45.2 Å². The Balaban J connectivity index is 1.77. The molecule has 0 bridgehead atoms. The summed E-state index contributed by atoms with van der Waals surface area (Å²) in [7, 11) is 0. The lowest BCUT2D eigenvalue weighted by atomic mass is 9.71. The number of H-pyrrole nitrogens is 1. The molecule has 3 unspecified atom stereocenters. The monoisotopic (exact) mass is 353 g/mol. The van der Waals surface area contributed by atoms with Gasteiger partial charge >= 0.3 is 0 Å². The Morgan fingerprint density at radius 2 is 2.00 bits per heavy atom. The Morgan fingerprint density at radius 3 is 2.69 bits per heavy atom. The van der Waals surface area contributed by atoms with E-state index < -0.39 is 11.8 Å². The number of piperidine rings is 1. The molecule has 2 N–H and O–H groups in total. The molecule has 7 heteroatoms. The standard InChI is InChI=1S/C19H23N5O2/c20-11-13-14(12-7-3-1-4-8-12)15-16(21-17(13)25)22-19(23-18(15)26)24-9-5-2-6-10-24/h1,3,12-14H,2,4-10H2,(H2,21,22,23,25,26). The van der Waals surface area contributed by atoms with E-state index in [1.54, 1.807) is 0 Å². The molecule has 0 spiro atoms. The molecule has 4 rings (SSSR count). The molecule has 3 heterocycles. The maximum absolute atomic E-state index is 12.9. The van der Waals surface area contributed by atoms with E-state index >= 15 is 0 Å². The minimum atomic E-state index is -0.845. The number of rotatable bonds is 2. The number of nitrogens with one attached hydrogen (secondary N) is 2. The average molecular weight is 353 g/mol. The summed E-state index contributed by atoms with van der Waals surface area (Å²) in [5.74, 6) is -0.625. The van der Waals surface area contributed by atoms with E-state index in [0.29, 0.717) is 17.3 Å². The van der Waals surface area contributed by atoms with Crippen LogP contribution in [0.25, 0.3) is 0 Å². The van der Waals surface area contributed by atoms with E-state index in [9.17, 15) is 14.9 Å². The number of allylic oxidation sites excluding steroid dienone is 2. The first kappa shape index (κ1) is 16.8. The van der Waals surface area contributed by atoms with Gasteiger partial charge in [-0.05, 0) is 44.4 Å². The molecule has 26 heavy (non-hydrogen) atoms. The topological polar surface area (TPSA) is 102 Å². The summed E-state index contributed by atoms with van der Waals surface area (Å²) in [5.41, 5.74) is 0.243. The first-order chi connectivity index (χ1) is 12.7. The molecule has 1 saturated heterocycles. The van der Waals surface area contributed by atoms with Gasteiger partial charge in [0.2, 0.25) is 11.9 Å². The maximum atomic E-state index is 12.9. The van der Waals surface area contributed by atoms with Gasteiger partial charge in [0.25, 0.3) is 5.56 Å². The second-order valence-corrected chi connectivity index (χ2v) is 7.37. The van der Waals surface area contributed by atoms with Crippen LogP contribution in [0.5, 0.6) is 0 Å². The highest BCUT2D eigenvalue weighted by molar-refractivity contribution is 5.97. The van der Waals surface area contributed by atoms with Gasteiger partial charge in [-0.15, -0.1) is 0 Å². The van der Waals surface area contributed by atoms with E-state index in [4.69, 9.17) is 0 Å². The van der Waals surface area contributed by atoms with Gasteiger partial charge in [0.05, 0.1) is 11.6 Å². The van der Waals surface area contributed by atoms with Crippen LogP contribution in [-0.2, 0) is 4.79 Å². The number of hydrogen-bond acceptors (Lipinski definition) is 5. The van der Waals surface area contributed by atoms with E-state index in [1.807, 2.05) is 0 Å². The molecule has 1 aromatic heterocycles. The summed E-state index contributed by atoms with van der Waals surface area (Å²) >= 11 is 0. The van der Waals surface area contributed by atoms with Gasteiger partial charge in [-0.2, -0.15) is 10.2 Å². The summed E-state index contributed by atoms with van der Waals surface area (Å²) in [6.45, 7) is 1.71. The molecule has 1 fully saturated rings. The van der Waals surface area contributed by atoms with Crippen molar-refractivity contribution in [3.05, 3.63) is 28.1 Å². The third kappa shape index (κ3) is 2.90.